The number of halogens is 2. The van der Waals surface area contributed by atoms with Crippen LogP contribution in [-0.2, 0) is 6.54 Å². The molecule has 0 saturated heterocycles. The van der Waals surface area contributed by atoms with Gasteiger partial charge in [0.05, 0.1) is 12.2 Å². The third-order valence-electron chi connectivity index (χ3n) is 3.39. The number of pyridine rings is 2. The van der Waals surface area contributed by atoms with Crippen LogP contribution in [0.25, 0.3) is 0 Å². The summed E-state index contributed by atoms with van der Waals surface area (Å²) in [5.74, 6) is -2.40. The molecule has 126 valence electrons. The lowest BCUT2D eigenvalue weighted by molar-refractivity contribution is 0.102. The van der Waals surface area contributed by atoms with Crippen LogP contribution in [0.1, 0.15) is 16.2 Å². The van der Waals surface area contributed by atoms with Gasteiger partial charge in [-0.2, -0.15) is 0 Å². The van der Waals surface area contributed by atoms with Crippen molar-refractivity contribution in [2.24, 2.45) is 0 Å². The summed E-state index contributed by atoms with van der Waals surface area (Å²) >= 11 is 0. The summed E-state index contributed by atoms with van der Waals surface area (Å²) in [4.78, 5) is 20.3. The van der Waals surface area contributed by atoms with Crippen LogP contribution in [0.5, 0.6) is 0 Å². The van der Waals surface area contributed by atoms with E-state index in [1.807, 2.05) is 18.2 Å². The summed E-state index contributed by atoms with van der Waals surface area (Å²) in [7, 11) is 0. The van der Waals surface area contributed by atoms with Crippen LogP contribution in [0.4, 0.5) is 20.2 Å². The summed E-state index contributed by atoms with van der Waals surface area (Å²) in [6, 6.07) is 12.1. The lowest BCUT2D eigenvalue weighted by Gasteiger charge is -2.09. The average molecular weight is 340 g/mol. The highest BCUT2D eigenvalue weighted by Crippen LogP contribution is 2.19. The van der Waals surface area contributed by atoms with Crippen molar-refractivity contribution in [3.05, 3.63) is 83.9 Å². The molecule has 3 rings (SSSR count). The Labute approximate surface area is 142 Å². The Morgan fingerprint density at radius 3 is 2.48 bits per heavy atom. The molecule has 2 heterocycles. The Morgan fingerprint density at radius 1 is 0.960 bits per heavy atom. The Morgan fingerprint density at radius 2 is 1.76 bits per heavy atom. The van der Waals surface area contributed by atoms with Crippen molar-refractivity contribution >= 4 is 17.3 Å². The molecule has 2 N–H and O–H groups in total. The van der Waals surface area contributed by atoms with E-state index in [4.69, 9.17) is 0 Å². The molecule has 7 heteroatoms. The van der Waals surface area contributed by atoms with E-state index in [1.54, 1.807) is 12.3 Å². The van der Waals surface area contributed by atoms with Crippen molar-refractivity contribution in [3.63, 3.8) is 0 Å². The van der Waals surface area contributed by atoms with Crippen LogP contribution in [0.3, 0.4) is 0 Å². The van der Waals surface area contributed by atoms with Gasteiger partial charge in [-0.1, -0.05) is 12.1 Å². The summed E-state index contributed by atoms with van der Waals surface area (Å²) in [6.45, 7) is 0.466. The Bertz CT molecular complexity index is 867. The van der Waals surface area contributed by atoms with Crippen molar-refractivity contribution in [2.45, 2.75) is 6.54 Å². The van der Waals surface area contributed by atoms with Crippen LogP contribution >= 0.6 is 0 Å². The molecule has 1 amide bonds. The lowest BCUT2D eigenvalue weighted by atomic mass is 10.2. The quantitative estimate of drug-likeness (QED) is 0.744. The normalized spacial score (nSPS) is 10.3. The molecule has 25 heavy (non-hydrogen) atoms. The van der Waals surface area contributed by atoms with Crippen LogP contribution in [-0.4, -0.2) is 15.9 Å². The highest BCUT2D eigenvalue weighted by atomic mass is 19.1. The first-order chi connectivity index (χ1) is 12.1. The smallest absolute Gasteiger partial charge is 0.274 e. The first-order valence-corrected chi connectivity index (χ1v) is 7.48. The van der Waals surface area contributed by atoms with E-state index in [-0.39, 0.29) is 5.69 Å². The molecule has 0 bridgehead atoms. The molecule has 1 aromatic carbocycles. The van der Waals surface area contributed by atoms with Gasteiger partial charge in [-0.3, -0.25) is 14.8 Å². The second kappa shape index (κ2) is 7.48. The number of nitrogens with one attached hydrogen (secondary N) is 2. The minimum Gasteiger partial charge on any atom is -0.379 e. The van der Waals surface area contributed by atoms with Crippen LogP contribution in [0.15, 0.2) is 60.9 Å². The van der Waals surface area contributed by atoms with Gasteiger partial charge in [0.1, 0.15) is 23.0 Å². The number of hydrogen-bond donors (Lipinski definition) is 2. The standard InChI is InChI=1S/C18H14F2N4O/c19-14-5-3-6-15(20)17(14)24-18(25)16-10-12(7-9-22-16)23-11-13-4-1-2-8-21-13/h1-10H,11H2,(H,22,23)(H,24,25). The van der Waals surface area contributed by atoms with Crippen molar-refractivity contribution in [1.29, 1.82) is 0 Å². The van der Waals surface area contributed by atoms with Gasteiger partial charge in [-0.25, -0.2) is 8.78 Å². The second-order valence-corrected chi connectivity index (χ2v) is 5.16. The van der Waals surface area contributed by atoms with Gasteiger partial charge < -0.3 is 10.6 Å². The van der Waals surface area contributed by atoms with Crippen LogP contribution in [0.2, 0.25) is 0 Å². The van der Waals surface area contributed by atoms with Crippen LogP contribution in [0, 0.1) is 11.6 Å². The number of carbonyl (C=O) groups is 1. The summed E-state index contributed by atoms with van der Waals surface area (Å²) in [5.41, 5.74) is 1.01. The summed E-state index contributed by atoms with van der Waals surface area (Å²) in [5, 5.41) is 5.32. The molecule has 0 spiro atoms. The minimum atomic E-state index is -0.849. The topological polar surface area (TPSA) is 66.9 Å². The molecule has 0 aliphatic carbocycles. The Balaban J connectivity index is 1.71. The highest BCUT2D eigenvalue weighted by Gasteiger charge is 2.14. The number of amides is 1. The minimum absolute atomic E-state index is 0.0358. The summed E-state index contributed by atoms with van der Waals surface area (Å²) < 4.78 is 27.2. The first-order valence-electron chi connectivity index (χ1n) is 7.48. The molecule has 5 nitrogen and oxygen atoms in total. The number of nitrogens with zero attached hydrogens (tertiary/aromatic N) is 2. The number of benzene rings is 1. The third kappa shape index (κ3) is 4.14. The van der Waals surface area contributed by atoms with Crippen molar-refractivity contribution in [3.8, 4) is 0 Å². The third-order valence-corrected chi connectivity index (χ3v) is 3.39. The van der Waals surface area contributed by atoms with Gasteiger partial charge in [0, 0.05) is 18.1 Å². The number of carbonyl (C=O) groups excluding carboxylic acids is 1. The molecule has 0 atom stereocenters. The molecule has 3 aromatic rings. The maximum Gasteiger partial charge on any atom is 0.274 e. The lowest BCUT2D eigenvalue weighted by Crippen LogP contribution is -2.16. The molecule has 0 aliphatic rings. The van der Waals surface area contributed by atoms with E-state index < -0.39 is 23.2 Å². The average Bonchev–Trinajstić information content (AvgIpc) is 2.64. The summed E-state index contributed by atoms with van der Waals surface area (Å²) in [6.07, 6.45) is 3.12. The zero-order valence-corrected chi connectivity index (χ0v) is 13.0. The van der Waals surface area contributed by atoms with Gasteiger partial charge in [0.15, 0.2) is 0 Å². The molecule has 0 unspecified atom stereocenters. The Hall–Kier alpha value is -3.35. The molecule has 2 aromatic heterocycles. The second-order valence-electron chi connectivity index (χ2n) is 5.16. The first kappa shape index (κ1) is 16.5. The number of anilines is 2. The van der Waals surface area contributed by atoms with Crippen molar-refractivity contribution < 1.29 is 13.6 Å². The maximum atomic E-state index is 13.6. The van der Waals surface area contributed by atoms with E-state index in [2.05, 4.69) is 20.6 Å². The highest BCUT2D eigenvalue weighted by molar-refractivity contribution is 6.03. The fourth-order valence-electron chi connectivity index (χ4n) is 2.15. The molecular weight excluding hydrogens is 326 g/mol. The van der Waals surface area contributed by atoms with E-state index in [9.17, 15) is 13.6 Å². The number of rotatable bonds is 5. The zero-order valence-electron chi connectivity index (χ0n) is 13.0. The fourth-order valence-corrected chi connectivity index (χ4v) is 2.15. The molecular formula is C18H14F2N4O. The molecule has 0 aliphatic heterocycles. The predicted octanol–water partition coefficient (Wildman–Crippen LogP) is 3.62. The van der Waals surface area contributed by atoms with Gasteiger partial charge in [-0.05, 0) is 36.4 Å². The fraction of sp³-hybridized carbons (Fsp3) is 0.0556. The maximum absolute atomic E-state index is 13.6. The van der Waals surface area contributed by atoms with Gasteiger partial charge >= 0.3 is 0 Å². The Kier molecular flexibility index (Phi) is 4.94. The molecule has 0 saturated carbocycles. The number of para-hydroxylation sites is 1. The monoisotopic (exact) mass is 340 g/mol. The zero-order chi connectivity index (χ0) is 17.6. The largest absolute Gasteiger partial charge is 0.379 e. The number of aromatic nitrogens is 2. The number of hydrogen-bond acceptors (Lipinski definition) is 4. The van der Waals surface area contributed by atoms with Gasteiger partial charge in [0.2, 0.25) is 0 Å². The van der Waals surface area contributed by atoms with E-state index in [0.29, 0.717) is 12.2 Å². The van der Waals surface area contributed by atoms with Gasteiger partial charge in [-0.15, -0.1) is 0 Å². The van der Waals surface area contributed by atoms with Crippen molar-refractivity contribution in [2.75, 3.05) is 10.6 Å². The predicted molar refractivity (Wildman–Crippen MR) is 90.1 cm³/mol. The SMILES string of the molecule is O=C(Nc1c(F)cccc1F)c1cc(NCc2ccccn2)ccn1. The molecule has 0 fully saturated rings. The van der Waals surface area contributed by atoms with Crippen LogP contribution < -0.4 is 10.6 Å². The van der Waals surface area contributed by atoms with Gasteiger partial charge in [0.25, 0.3) is 5.91 Å². The van der Waals surface area contributed by atoms with E-state index >= 15 is 0 Å². The van der Waals surface area contributed by atoms with E-state index in [0.717, 1.165) is 17.8 Å². The molecule has 0 radical (unpaired) electrons. The van der Waals surface area contributed by atoms with E-state index in [1.165, 1.54) is 18.3 Å². The van der Waals surface area contributed by atoms with Crippen molar-refractivity contribution in [1.82, 2.24) is 9.97 Å².